The standard InChI is InChI=1S/C14H20INO/c1-11(17)10-12-6-8-16(9-7-12)14-4-2-13(15)3-5-14/h2-5,11-12,17H,6-10H2,1H3. The van der Waals surface area contributed by atoms with Gasteiger partial charge in [0.2, 0.25) is 0 Å². The molecule has 2 nitrogen and oxygen atoms in total. The Kier molecular flexibility index (Phi) is 4.68. The van der Waals surface area contributed by atoms with Gasteiger partial charge in [-0.3, -0.25) is 0 Å². The summed E-state index contributed by atoms with van der Waals surface area (Å²) in [6, 6.07) is 8.74. The number of nitrogens with zero attached hydrogens (tertiary/aromatic N) is 1. The smallest absolute Gasteiger partial charge is 0.0514 e. The fourth-order valence-electron chi connectivity index (χ4n) is 2.56. The van der Waals surface area contributed by atoms with Crippen LogP contribution in [0.1, 0.15) is 26.2 Å². The monoisotopic (exact) mass is 345 g/mol. The molecule has 94 valence electrons. The summed E-state index contributed by atoms with van der Waals surface area (Å²) in [5, 5.41) is 9.40. The lowest BCUT2D eigenvalue weighted by molar-refractivity contribution is 0.152. The number of rotatable bonds is 3. The van der Waals surface area contributed by atoms with Crippen LogP contribution in [0.5, 0.6) is 0 Å². The Morgan fingerprint density at radius 2 is 1.88 bits per heavy atom. The van der Waals surface area contributed by atoms with E-state index < -0.39 is 0 Å². The molecule has 0 bridgehead atoms. The van der Waals surface area contributed by atoms with Crippen LogP contribution in [-0.4, -0.2) is 24.3 Å². The highest BCUT2D eigenvalue weighted by atomic mass is 127. The maximum atomic E-state index is 9.40. The molecule has 1 saturated heterocycles. The SMILES string of the molecule is CC(O)CC1CCN(c2ccc(I)cc2)CC1. The first kappa shape index (κ1) is 13.1. The van der Waals surface area contributed by atoms with Gasteiger partial charge in [-0.15, -0.1) is 0 Å². The number of halogens is 1. The van der Waals surface area contributed by atoms with Crippen molar-refractivity contribution in [2.24, 2.45) is 5.92 Å². The molecule has 1 atom stereocenters. The molecule has 17 heavy (non-hydrogen) atoms. The van der Waals surface area contributed by atoms with Crippen molar-refractivity contribution >= 4 is 28.3 Å². The first-order chi connectivity index (χ1) is 8.15. The molecule has 1 heterocycles. The molecule has 0 aliphatic carbocycles. The van der Waals surface area contributed by atoms with E-state index in [9.17, 15) is 5.11 Å². The minimum Gasteiger partial charge on any atom is -0.393 e. The molecule has 0 spiro atoms. The van der Waals surface area contributed by atoms with Gasteiger partial charge < -0.3 is 10.0 Å². The van der Waals surface area contributed by atoms with E-state index in [1.807, 2.05) is 6.92 Å². The zero-order valence-electron chi connectivity index (χ0n) is 10.3. The summed E-state index contributed by atoms with van der Waals surface area (Å²) >= 11 is 2.34. The van der Waals surface area contributed by atoms with E-state index in [2.05, 4.69) is 51.8 Å². The highest BCUT2D eigenvalue weighted by Gasteiger charge is 2.20. The number of hydrogen-bond donors (Lipinski definition) is 1. The first-order valence-electron chi connectivity index (χ1n) is 6.33. The maximum Gasteiger partial charge on any atom is 0.0514 e. The Bertz CT molecular complexity index is 342. The van der Waals surface area contributed by atoms with E-state index in [0.29, 0.717) is 5.92 Å². The van der Waals surface area contributed by atoms with Gasteiger partial charge in [0.05, 0.1) is 6.10 Å². The minimum atomic E-state index is -0.148. The van der Waals surface area contributed by atoms with Crippen molar-refractivity contribution in [1.29, 1.82) is 0 Å². The molecule has 0 saturated carbocycles. The molecular formula is C14H20INO. The Balaban J connectivity index is 1.88. The van der Waals surface area contributed by atoms with Gasteiger partial charge in [-0.25, -0.2) is 0 Å². The predicted octanol–water partition coefficient (Wildman–Crippen LogP) is 3.28. The molecule has 3 heteroatoms. The van der Waals surface area contributed by atoms with Crippen LogP contribution in [0.15, 0.2) is 24.3 Å². The van der Waals surface area contributed by atoms with Crippen LogP contribution < -0.4 is 4.90 Å². The maximum absolute atomic E-state index is 9.40. The molecule has 1 aliphatic rings. The quantitative estimate of drug-likeness (QED) is 0.850. The Labute approximate surface area is 117 Å². The average molecular weight is 345 g/mol. The van der Waals surface area contributed by atoms with Gasteiger partial charge >= 0.3 is 0 Å². The van der Waals surface area contributed by atoms with E-state index in [4.69, 9.17) is 0 Å². The second kappa shape index (κ2) is 6.05. The number of hydrogen-bond acceptors (Lipinski definition) is 2. The number of aliphatic hydroxyl groups is 1. The number of aliphatic hydroxyl groups excluding tert-OH is 1. The van der Waals surface area contributed by atoms with Crippen molar-refractivity contribution in [3.05, 3.63) is 27.8 Å². The van der Waals surface area contributed by atoms with E-state index in [1.165, 1.54) is 22.1 Å². The number of piperidine rings is 1. The lowest BCUT2D eigenvalue weighted by atomic mass is 9.91. The summed E-state index contributed by atoms with van der Waals surface area (Å²) in [5.41, 5.74) is 1.33. The fourth-order valence-corrected chi connectivity index (χ4v) is 2.92. The molecule has 1 unspecified atom stereocenters. The largest absolute Gasteiger partial charge is 0.393 e. The minimum absolute atomic E-state index is 0.148. The second-order valence-electron chi connectivity index (χ2n) is 4.99. The van der Waals surface area contributed by atoms with Gasteiger partial charge in [0.15, 0.2) is 0 Å². The topological polar surface area (TPSA) is 23.5 Å². The van der Waals surface area contributed by atoms with E-state index in [1.54, 1.807) is 0 Å². The molecule has 1 aliphatic heterocycles. The number of anilines is 1. The predicted molar refractivity (Wildman–Crippen MR) is 80.4 cm³/mol. The van der Waals surface area contributed by atoms with Gasteiger partial charge in [-0.1, -0.05) is 0 Å². The van der Waals surface area contributed by atoms with Crippen molar-refractivity contribution in [3.8, 4) is 0 Å². The molecular weight excluding hydrogens is 325 g/mol. The molecule has 2 rings (SSSR count). The van der Waals surface area contributed by atoms with E-state index >= 15 is 0 Å². The highest BCUT2D eigenvalue weighted by molar-refractivity contribution is 14.1. The molecule has 0 aromatic heterocycles. The van der Waals surface area contributed by atoms with Crippen molar-refractivity contribution in [2.75, 3.05) is 18.0 Å². The molecule has 0 radical (unpaired) electrons. The Morgan fingerprint density at radius 1 is 1.29 bits per heavy atom. The normalized spacial score (nSPS) is 19.4. The van der Waals surface area contributed by atoms with Gasteiger partial charge in [0.25, 0.3) is 0 Å². The van der Waals surface area contributed by atoms with Crippen LogP contribution >= 0.6 is 22.6 Å². The molecule has 1 aromatic carbocycles. The number of benzene rings is 1. The van der Waals surface area contributed by atoms with Crippen LogP contribution in [0.25, 0.3) is 0 Å². The van der Waals surface area contributed by atoms with Crippen molar-refractivity contribution in [1.82, 2.24) is 0 Å². The third-order valence-corrected chi connectivity index (χ3v) is 4.20. The highest BCUT2D eigenvalue weighted by Crippen LogP contribution is 2.26. The lowest BCUT2D eigenvalue weighted by Crippen LogP contribution is -2.34. The summed E-state index contributed by atoms with van der Waals surface area (Å²) < 4.78 is 1.29. The van der Waals surface area contributed by atoms with Crippen molar-refractivity contribution in [2.45, 2.75) is 32.3 Å². The van der Waals surface area contributed by atoms with Crippen molar-refractivity contribution < 1.29 is 5.11 Å². The molecule has 1 aromatic rings. The zero-order valence-corrected chi connectivity index (χ0v) is 12.4. The summed E-state index contributed by atoms with van der Waals surface area (Å²) in [5.74, 6) is 0.704. The Hall–Kier alpha value is -0.290. The van der Waals surface area contributed by atoms with E-state index in [0.717, 1.165) is 19.5 Å². The molecule has 1 fully saturated rings. The van der Waals surface area contributed by atoms with Crippen LogP contribution in [0, 0.1) is 9.49 Å². The third-order valence-electron chi connectivity index (χ3n) is 3.48. The first-order valence-corrected chi connectivity index (χ1v) is 7.41. The second-order valence-corrected chi connectivity index (χ2v) is 6.24. The average Bonchev–Trinajstić information content (AvgIpc) is 2.30. The van der Waals surface area contributed by atoms with Gasteiger partial charge in [0, 0.05) is 22.3 Å². The van der Waals surface area contributed by atoms with Crippen LogP contribution in [0.3, 0.4) is 0 Å². The van der Waals surface area contributed by atoms with E-state index in [-0.39, 0.29) is 6.10 Å². The van der Waals surface area contributed by atoms with Crippen molar-refractivity contribution in [3.63, 3.8) is 0 Å². The molecule has 1 N–H and O–H groups in total. The summed E-state index contributed by atoms with van der Waals surface area (Å²) in [6.45, 7) is 4.14. The molecule has 0 amide bonds. The zero-order chi connectivity index (χ0) is 12.3. The summed E-state index contributed by atoms with van der Waals surface area (Å²) in [6.07, 6.45) is 3.22. The van der Waals surface area contributed by atoms with Crippen LogP contribution in [-0.2, 0) is 0 Å². The van der Waals surface area contributed by atoms with Gasteiger partial charge in [-0.2, -0.15) is 0 Å². The van der Waals surface area contributed by atoms with Gasteiger partial charge in [-0.05, 0) is 79.0 Å². The third kappa shape index (κ3) is 3.85. The summed E-state index contributed by atoms with van der Waals surface area (Å²) in [7, 11) is 0. The van der Waals surface area contributed by atoms with Gasteiger partial charge in [0.1, 0.15) is 0 Å². The Morgan fingerprint density at radius 3 is 2.41 bits per heavy atom. The summed E-state index contributed by atoms with van der Waals surface area (Å²) in [4.78, 5) is 2.45. The van der Waals surface area contributed by atoms with Crippen LogP contribution in [0.4, 0.5) is 5.69 Å². The van der Waals surface area contributed by atoms with Crippen LogP contribution in [0.2, 0.25) is 0 Å². The fraction of sp³-hybridized carbons (Fsp3) is 0.571. The lowest BCUT2D eigenvalue weighted by Gasteiger charge is -2.34.